The highest BCUT2D eigenvalue weighted by Gasteiger charge is 2.31. The van der Waals surface area contributed by atoms with Crippen molar-refractivity contribution in [3.8, 4) is 0 Å². The lowest BCUT2D eigenvalue weighted by Crippen LogP contribution is -2.36. The molecule has 5 heteroatoms. The number of hydrogen-bond acceptors (Lipinski definition) is 5. The van der Waals surface area contributed by atoms with Gasteiger partial charge >= 0.3 is 5.97 Å². The first-order chi connectivity index (χ1) is 7.81. The van der Waals surface area contributed by atoms with E-state index in [0.717, 1.165) is 25.1 Å². The largest absolute Gasteiger partial charge is 0.468 e. The van der Waals surface area contributed by atoms with Gasteiger partial charge in [0.25, 0.3) is 0 Å². The van der Waals surface area contributed by atoms with E-state index in [4.69, 9.17) is 4.74 Å². The lowest BCUT2D eigenvalue weighted by Gasteiger charge is -2.21. The molecule has 0 saturated carbocycles. The molecule has 1 atom stereocenters. The summed E-state index contributed by atoms with van der Waals surface area (Å²) in [5.41, 5.74) is 0.887. The van der Waals surface area contributed by atoms with E-state index in [1.165, 1.54) is 7.11 Å². The third-order valence-electron chi connectivity index (χ3n) is 2.82. The fraction of sp³-hybridized carbons (Fsp3) is 0.545. The molecule has 1 aromatic rings. The lowest BCUT2D eigenvalue weighted by molar-refractivity contribution is -0.146. The number of carbonyl (C=O) groups excluding carboxylic acids is 1. The Kier molecular flexibility index (Phi) is 3.46. The van der Waals surface area contributed by atoms with Gasteiger partial charge in [-0.05, 0) is 19.4 Å². The maximum atomic E-state index is 11.5. The molecule has 1 saturated heterocycles. The van der Waals surface area contributed by atoms with Gasteiger partial charge < -0.3 is 4.74 Å². The first-order valence-corrected chi connectivity index (χ1v) is 5.38. The van der Waals surface area contributed by atoms with Gasteiger partial charge in [-0.2, -0.15) is 0 Å². The fourth-order valence-corrected chi connectivity index (χ4v) is 2.04. The Morgan fingerprint density at radius 2 is 2.50 bits per heavy atom. The number of likely N-dealkylation sites (tertiary alicyclic amines) is 1. The summed E-state index contributed by atoms with van der Waals surface area (Å²) in [6.07, 6.45) is 6.93. The van der Waals surface area contributed by atoms with Crippen LogP contribution in [0.3, 0.4) is 0 Å². The molecule has 86 valence electrons. The van der Waals surface area contributed by atoms with Crippen molar-refractivity contribution < 1.29 is 9.53 Å². The molecule has 0 bridgehead atoms. The second kappa shape index (κ2) is 5.03. The van der Waals surface area contributed by atoms with Crippen molar-refractivity contribution in [2.45, 2.75) is 25.4 Å². The number of carbonyl (C=O) groups is 1. The second-order valence-corrected chi connectivity index (χ2v) is 3.85. The van der Waals surface area contributed by atoms with Crippen LogP contribution in [0.2, 0.25) is 0 Å². The maximum absolute atomic E-state index is 11.5. The fourth-order valence-electron chi connectivity index (χ4n) is 2.04. The molecule has 0 N–H and O–H groups in total. The molecule has 1 fully saturated rings. The van der Waals surface area contributed by atoms with Crippen molar-refractivity contribution in [3.05, 3.63) is 24.3 Å². The van der Waals surface area contributed by atoms with Crippen molar-refractivity contribution in [1.29, 1.82) is 0 Å². The third-order valence-corrected chi connectivity index (χ3v) is 2.82. The van der Waals surface area contributed by atoms with Crippen molar-refractivity contribution in [2.24, 2.45) is 0 Å². The van der Waals surface area contributed by atoms with Crippen LogP contribution in [0.25, 0.3) is 0 Å². The molecule has 2 heterocycles. The van der Waals surface area contributed by atoms with E-state index in [1.807, 2.05) is 0 Å². The minimum atomic E-state index is -0.151. The SMILES string of the molecule is COC(=O)C1CCCN1Cc1cnccn1. The van der Waals surface area contributed by atoms with Gasteiger partial charge in [0, 0.05) is 25.1 Å². The highest BCUT2D eigenvalue weighted by molar-refractivity contribution is 5.75. The zero-order valence-electron chi connectivity index (χ0n) is 9.30. The average molecular weight is 221 g/mol. The molecule has 0 aromatic carbocycles. The Morgan fingerprint density at radius 3 is 3.19 bits per heavy atom. The van der Waals surface area contributed by atoms with Crippen molar-refractivity contribution >= 4 is 5.97 Å². The Morgan fingerprint density at radius 1 is 1.62 bits per heavy atom. The summed E-state index contributed by atoms with van der Waals surface area (Å²) in [7, 11) is 1.43. The number of nitrogens with zero attached hydrogens (tertiary/aromatic N) is 3. The van der Waals surface area contributed by atoms with E-state index >= 15 is 0 Å². The van der Waals surface area contributed by atoms with E-state index in [0.29, 0.717) is 6.54 Å². The molecule has 1 unspecified atom stereocenters. The van der Waals surface area contributed by atoms with Gasteiger partial charge in [0.2, 0.25) is 0 Å². The van der Waals surface area contributed by atoms with E-state index in [2.05, 4.69) is 14.9 Å². The second-order valence-electron chi connectivity index (χ2n) is 3.85. The van der Waals surface area contributed by atoms with Gasteiger partial charge in [-0.3, -0.25) is 19.7 Å². The number of aromatic nitrogens is 2. The molecule has 0 aliphatic carbocycles. The standard InChI is InChI=1S/C11H15N3O2/c1-16-11(15)10-3-2-6-14(10)8-9-7-12-4-5-13-9/h4-5,7,10H,2-3,6,8H2,1H3. The molecule has 0 spiro atoms. The Bertz CT molecular complexity index is 356. The third kappa shape index (κ3) is 2.36. The number of ether oxygens (including phenoxy) is 1. The van der Waals surface area contributed by atoms with Crippen LogP contribution in [0, 0.1) is 0 Å². The highest BCUT2D eigenvalue weighted by Crippen LogP contribution is 2.19. The average Bonchev–Trinajstić information content (AvgIpc) is 2.77. The first kappa shape index (κ1) is 11.0. The van der Waals surface area contributed by atoms with Crippen LogP contribution in [0.5, 0.6) is 0 Å². The topological polar surface area (TPSA) is 55.3 Å². The van der Waals surface area contributed by atoms with Crippen LogP contribution >= 0.6 is 0 Å². The first-order valence-electron chi connectivity index (χ1n) is 5.38. The number of hydrogen-bond donors (Lipinski definition) is 0. The highest BCUT2D eigenvalue weighted by atomic mass is 16.5. The summed E-state index contributed by atoms with van der Waals surface area (Å²) in [4.78, 5) is 21.8. The summed E-state index contributed by atoms with van der Waals surface area (Å²) >= 11 is 0. The van der Waals surface area contributed by atoms with Gasteiger partial charge in [-0.25, -0.2) is 0 Å². The Balaban J connectivity index is 2.01. The molecule has 0 radical (unpaired) electrons. The van der Waals surface area contributed by atoms with Crippen LogP contribution in [0.4, 0.5) is 0 Å². The molecule has 0 amide bonds. The van der Waals surface area contributed by atoms with Crippen LogP contribution in [-0.4, -0.2) is 40.5 Å². The van der Waals surface area contributed by atoms with E-state index in [-0.39, 0.29) is 12.0 Å². The van der Waals surface area contributed by atoms with Gasteiger partial charge in [-0.15, -0.1) is 0 Å². The zero-order chi connectivity index (χ0) is 11.4. The predicted octanol–water partition coefficient (Wildman–Crippen LogP) is 0.614. The van der Waals surface area contributed by atoms with Gasteiger partial charge in [-0.1, -0.05) is 0 Å². The Hall–Kier alpha value is -1.49. The molecular weight excluding hydrogens is 206 g/mol. The van der Waals surface area contributed by atoms with E-state index < -0.39 is 0 Å². The molecule has 1 aliphatic rings. The van der Waals surface area contributed by atoms with Crippen molar-refractivity contribution in [3.63, 3.8) is 0 Å². The maximum Gasteiger partial charge on any atom is 0.323 e. The molecule has 1 aliphatic heterocycles. The minimum absolute atomic E-state index is 0.119. The van der Waals surface area contributed by atoms with Crippen LogP contribution < -0.4 is 0 Å². The normalized spacial score (nSPS) is 20.9. The van der Waals surface area contributed by atoms with Gasteiger partial charge in [0.15, 0.2) is 0 Å². The summed E-state index contributed by atoms with van der Waals surface area (Å²) in [6, 6.07) is -0.119. The quantitative estimate of drug-likeness (QED) is 0.700. The molecule has 1 aromatic heterocycles. The van der Waals surface area contributed by atoms with Crippen LogP contribution in [0.1, 0.15) is 18.5 Å². The number of methoxy groups -OCH3 is 1. The molecular formula is C11H15N3O2. The van der Waals surface area contributed by atoms with Crippen LogP contribution in [-0.2, 0) is 16.1 Å². The summed E-state index contributed by atoms with van der Waals surface area (Å²) < 4.78 is 4.79. The number of rotatable bonds is 3. The molecule has 5 nitrogen and oxygen atoms in total. The smallest absolute Gasteiger partial charge is 0.323 e. The van der Waals surface area contributed by atoms with Crippen LogP contribution in [0.15, 0.2) is 18.6 Å². The van der Waals surface area contributed by atoms with Crippen molar-refractivity contribution in [2.75, 3.05) is 13.7 Å². The molecule has 2 rings (SSSR count). The van der Waals surface area contributed by atoms with E-state index in [9.17, 15) is 4.79 Å². The zero-order valence-corrected chi connectivity index (χ0v) is 9.30. The monoisotopic (exact) mass is 221 g/mol. The van der Waals surface area contributed by atoms with Gasteiger partial charge in [0.1, 0.15) is 6.04 Å². The molecule has 16 heavy (non-hydrogen) atoms. The number of esters is 1. The lowest BCUT2D eigenvalue weighted by atomic mass is 10.2. The van der Waals surface area contributed by atoms with E-state index in [1.54, 1.807) is 18.6 Å². The van der Waals surface area contributed by atoms with Gasteiger partial charge in [0.05, 0.1) is 12.8 Å². The predicted molar refractivity (Wildman–Crippen MR) is 57.5 cm³/mol. The van der Waals surface area contributed by atoms with Crippen molar-refractivity contribution in [1.82, 2.24) is 14.9 Å². The Labute approximate surface area is 94.5 Å². The minimum Gasteiger partial charge on any atom is -0.468 e. The summed E-state index contributed by atoms with van der Waals surface area (Å²) in [5.74, 6) is -0.151. The summed E-state index contributed by atoms with van der Waals surface area (Å²) in [6.45, 7) is 1.57. The summed E-state index contributed by atoms with van der Waals surface area (Å²) in [5, 5.41) is 0.